The highest BCUT2D eigenvalue weighted by atomic mass is 16.1. The molecule has 1 saturated carbocycles. The van der Waals surface area contributed by atoms with Crippen LogP contribution >= 0.6 is 0 Å². The van der Waals surface area contributed by atoms with E-state index in [1.54, 1.807) is 0 Å². The van der Waals surface area contributed by atoms with E-state index in [0.29, 0.717) is 12.3 Å². The molecule has 1 N–H and O–H groups in total. The molecule has 4 heteroatoms. The van der Waals surface area contributed by atoms with Crippen LogP contribution in [0.25, 0.3) is 33.5 Å². The van der Waals surface area contributed by atoms with Crippen molar-refractivity contribution in [3.8, 4) is 22.5 Å². The Morgan fingerprint density at radius 1 is 1.00 bits per heavy atom. The van der Waals surface area contributed by atoms with Gasteiger partial charge < -0.3 is 9.88 Å². The lowest BCUT2D eigenvalue weighted by atomic mass is 9.80. The van der Waals surface area contributed by atoms with Gasteiger partial charge in [-0.2, -0.15) is 0 Å². The van der Waals surface area contributed by atoms with Crippen molar-refractivity contribution < 1.29 is 4.79 Å². The van der Waals surface area contributed by atoms with E-state index in [2.05, 4.69) is 83.5 Å². The lowest BCUT2D eigenvalue weighted by Crippen LogP contribution is -2.39. The highest BCUT2D eigenvalue weighted by molar-refractivity contribution is 5.90. The normalized spacial score (nSPS) is 20.4. The molecule has 4 nitrogen and oxygen atoms in total. The highest BCUT2D eigenvalue weighted by Gasteiger charge is 2.48. The largest absolute Gasteiger partial charge is 0.323 e. The van der Waals surface area contributed by atoms with Gasteiger partial charge in [0.1, 0.15) is 11.6 Å². The Balaban J connectivity index is 1.44. The second-order valence-electron chi connectivity index (χ2n) is 9.80. The summed E-state index contributed by atoms with van der Waals surface area (Å²) in [6, 6.07) is 25.6. The minimum atomic E-state index is -0.335. The Morgan fingerprint density at radius 3 is 2.42 bits per heavy atom. The van der Waals surface area contributed by atoms with Crippen LogP contribution in [0.2, 0.25) is 0 Å². The first-order valence-corrected chi connectivity index (χ1v) is 12.0. The number of ketones is 1. The molecule has 0 bridgehead atoms. The number of Topliss-reactive ketones (excluding diaryl/α,β-unsaturated/α-hetero) is 1. The first-order valence-electron chi connectivity index (χ1n) is 12.0. The lowest BCUT2D eigenvalue weighted by molar-refractivity contribution is -0.129. The molecule has 0 radical (unpaired) electrons. The van der Waals surface area contributed by atoms with Gasteiger partial charge in [0.05, 0.1) is 16.4 Å². The fourth-order valence-electron chi connectivity index (χ4n) is 5.31. The highest BCUT2D eigenvalue weighted by Crippen LogP contribution is 2.42. The first-order chi connectivity index (χ1) is 16.1. The van der Waals surface area contributed by atoms with Crippen molar-refractivity contribution in [3.05, 3.63) is 78.4 Å². The maximum Gasteiger partial charge on any atom is 0.145 e. The van der Waals surface area contributed by atoms with E-state index in [4.69, 9.17) is 4.98 Å². The van der Waals surface area contributed by atoms with E-state index >= 15 is 0 Å². The number of nitrogens with zero attached hydrogens (tertiary/aromatic N) is 2. The SMILES string of the molecule is Cc1ccc2c(c1)nc(-c1ccc(-c3ccccc3)cc1)n2C[C@]1(C(=O)C2CC2)CCNC1. The lowest BCUT2D eigenvalue weighted by Gasteiger charge is -2.28. The second kappa shape index (κ2) is 7.96. The number of aromatic nitrogens is 2. The molecule has 4 aromatic rings. The monoisotopic (exact) mass is 435 g/mol. The third kappa shape index (κ3) is 3.68. The molecule has 3 aromatic carbocycles. The van der Waals surface area contributed by atoms with Crippen LogP contribution in [-0.2, 0) is 11.3 Å². The molecule has 33 heavy (non-hydrogen) atoms. The Bertz CT molecular complexity index is 1310. The van der Waals surface area contributed by atoms with Crippen LogP contribution < -0.4 is 5.32 Å². The predicted octanol–water partition coefficient (Wildman–Crippen LogP) is 5.64. The van der Waals surface area contributed by atoms with Crippen molar-refractivity contribution in [2.24, 2.45) is 11.3 Å². The summed E-state index contributed by atoms with van der Waals surface area (Å²) in [5, 5.41) is 3.48. The number of hydrogen-bond acceptors (Lipinski definition) is 3. The van der Waals surface area contributed by atoms with Crippen LogP contribution in [0.15, 0.2) is 72.8 Å². The van der Waals surface area contributed by atoms with Gasteiger partial charge in [0, 0.05) is 24.6 Å². The summed E-state index contributed by atoms with van der Waals surface area (Å²) in [7, 11) is 0. The summed E-state index contributed by atoms with van der Waals surface area (Å²) in [6.45, 7) is 4.46. The summed E-state index contributed by atoms with van der Waals surface area (Å²) >= 11 is 0. The summed E-state index contributed by atoms with van der Waals surface area (Å²) in [4.78, 5) is 18.5. The number of hydrogen-bond donors (Lipinski definition) is 1. The molecule has 1 aliphatic heterocycles. The molecule has 6 rings (SSSR count). The van der Waals surface area contributed by atoms with Gasteiger partial charge in [0.15, 0.2) is 0 Å². The van der Waals surface area contributed by atoms with E-state index in [1.165, 1.54) is 16.7 Å². The number of nitrogens with one attached hydrogen (secondary N) is 1. The van der Waals surface area contributed by atoms with Crippen LogP contribution in [0, 0.1) is 18.3 Å². The van der Waals surface area contributed by atoms with Crippen LogP contribution in [0.5, 0.6) is 0 Å². The van der Waals surface area contributed by atoms with Crippen molar-refractivity contribution >= 4 is 16.8 Å². The second-order valence-corrected chi connectivity index (χ2v) is 9.80. The zero-order chi connectivity index (χ0) is 22.4. The van der Waals surface area contributed by atoms with Crippen LogP contribution in [0.1, 0.15) is 24.8 Å². The summed E-state index contributed by atoms with van der Waals surface area (Å²) in [5.74, 6) is 1.66. The van der Waals surface area contributed by atoms with Crippen molar-refractivity contribution in [2.45, 2.75) is 32.7 Å². The number of benzene rings is 3. The predicted molar refractivity (Wildman–Crippen MR) is 133 cm³/mol. The third-order valence-electron chi connectivity index (χ3n) is 7.33. The molecule has 1 aromatic heterocycles. The van der Waals surface area contributed by atoms with Gasteiger partial charge in [0.2, 0.25) is 0 Å². The molecule has 0 spiro atoms. The fourth-order valence-corrected chi connectivity index (χ4v) is 5.31. The average Bonchev–Trinajstić information content (AvgIpc) is 3.49. The standard InChI is InChI=1S/C29H29N3O/c1-20-7-14-26-25(17-20)31-28(24-12-8-22(9-13-24)21-5-3-2-4-6-21)32(26)19-29(15-16-30-18-29)27(33)23-10-11-23/h2-9,12-14,17,23,30H,10-11,15-16,18-19H2,1H3/t29-/m0/s1. The molecule has 1 saturated heterocycles. The molecule has 2 fully saturated rings. The average molecular weight is 436 g/mol. The van der Waals surface area contributed by atoms with Crippen molar-refractivity contribution in [2.75, 3.05) is 13.1 Å². The van der Waals surface area contributed by atoms with Gasteiger partial charge in [-0.3, -0.25) is 4.79 Å². The molecule has 2 heterocycles. The summed E-state index contributed by atoms with van der Waals surface area (Å²) in [5.41, 5.74) is 6.46. The van der Waals surface area contributed by atoms with Crippen molar-refractivity contribution in [1.82, 2.24) is 14.9 Å². The molecule has 0 amide bonds. The van der Waals surface area contributed by atoms with E-state index in [9.17, 15) is 4.79 Å². The maximum absolute atomic E-state index is 13.4. The summed E-state index contributed by atoms with van der Waals surface area (Å²) in [6.07, 6.45) is 3.01. The Labute approximate surface area is 194 Å². The summed E-state index contributed by atoms with van der Waals surface area (Å²) < 4.78 is 2.31. The maximum atomic E-state index is 13.4. The minimum absolute atomic E-state index is 0.260. The van der Waals surface area contributed by atoms with E-state index in [0.717, 1.165) is 54.8 Å². The van der Waals surface area contributed by atoms with E-state index < -0.39 is 0 Å². The van der Waals surface area contributed by atoms with E-state index in [1.807, 2.05) is 6.07 Å². The number of carbonyl (C=O) groups excluding carboxylic acids is 1. The number of rotatable bonds is 6. The van der Waals surface area contributed by atoms with Gasteiger partial charge in [-0.15, -0.1) is 0 Å². The molecule has 2 aliphatic rings. The van der Waals surface area contributed by atoms with Gasteiger partial charge in [-0.25, -0.2) is 4.98 Å². The Kier molecular flexibility index (Phi) is 4.92. The third-order valence-corrected chi connectivity index (χ3v) is 7.33. The number of imidazole rings is 1. The topological polar surface area (TPSA) is 46.9 Å². The minimum Gasteiger partial charge on any atom is -0.323 e. The number of fused-ring (bicyclic) bond motifs is 1. The van der Waals surface area contributed by atoms with Crippen molar-refractivity contribution in [3.63, 3.8) is 0 Å². The van der Waals surface area contributed by atoms with Gasteiger partial charge in [-0.1, -0.05) is 60.7 Å². The molecule has 1 atom stereocenters. The zero-order valence-corrected chi connectivity index (χ0v) is 19.1. The molecular weight excluding hydrogens is 406 g/mol. The molecular formula is C29H29N3O. The first kappa shape index (κ1) is 20.4. The zero-order valence-electron chi connectivity index (χ0n) is 19.1. The van der Waals surface area contributed by atoms with Gasteiger partial charge in [-0.05, 0) is 61.6 Å². The van der Waals surface area contributed by atoms with Gasteiger partial charge in [0.25, 0.3) is 0 Å². The quantitative estimate of drug-likeness (QED) is 0.426. The molecule has 0 unspecified atom stereocenters. The Morgan fingerprint density at radius 2 is 1.73 bits per heavy atom. The van der Waals surface area contributed by atoms with Crippen LogP contribution in [0.3, 0.4) is 0 Å². The van der Waals surface area contributed by atoms with Crippen LogP contribution in [-0.4, -0.2) is 28.4 Å². The van der Waals surface area contributed by atoms with Crippen molar-refractivity contribution in [1.29, 1.82) is 0 Å². The molecule has 1 aliphatic carbocycles. The number of aryl methyl sites for hydroxylation is 1. The van der Waals surface area contributed by atoms with Crippen LogP contribution in [0.4, 0.5) is 0 Å². The molecule has 166 valence electrons. The Hall–Kier alpha value is -3.24. The fraction of sp³-hybridized carbons (Fsp3) is 0.310. The number of carbonyl (C=O) groups is 1. The van der Waals surface area contributed by atoms with Gasteiger partial charge >= 0.3 is 0 Å². The van der Waals surface area contributed by atoms with E-state index in [-0.39, 0.29) is 11.3 Å². The smallest absolute Gasteiger partial charge is 0.145 e.